The Kier molecular flexibility index (Phi) is 3.97. The third kappa shape index (κ3) is 2.76. The molecule has 0 aromatic carbocycles. The summed E-state index contributed by atoms with van der Waals surface area (Å²) in [5.41, 5.74) is 0.633. The molecule has 4 nitrogen and oxygen atoms in total. The minimum atomic E-state index is -0.206. The van der Waals surface area contributed by atoms with Crippen molar-refractivity contribution in [1.82, 2.24) is 4.90 Å². The molecule has 0 saturated carbocycles. The lowest BCUT2D eigenvalue weighted by molar-refractivity contribution is -0.131. The highest BCUT2D eigenvalue weighted by atomic mass is 127. The van der Waals surface area contributed by atoms with Crippen LogP contribution in [0.4, 0.5) is 0 Å². The van der Waals surface area contributed by atoms with E-state index in [-0.39, 0.29) is 11.5 Å². The first-order valence-corrected chi connectivity index (χ1v) is 7.40. The molecule has 0 radical (unpaired) electrons. The van der Waals surface area contributed by atoms with Crippen LogP contribution in [0, 0.1) is 0 Å². The molecule has 96 valence electrons. The van der Waals surface area contributed by atoms with Gasteiger partial charge < -0.3 is 14.4 Å². The van der Waals surface area contributed by atoms with Gasteiger partial charge in [-0.25, -0.2) is 0 Å². The monoisotopic (exact) mass is 351 g/mol. The predicted octanol–water partition coefficient (Wildman–Crippen LogP) is 1.73. The van der Waals surface area contributed by atoms with Gasteiger partial charge in [0.25, 0.3) is 5.91 Å². The summed E-state index contributed by atoms with van der Waals surface area (Å²) in [6.07, 6.45) is 0.720. The molecular weight excluding hydrogens is 333 g/mol. The summed E-state index contributed by atoms with van der Waals surface area (Å²) in [4.78, 5) is 14.2. The Labute approximate surface area is 115 Å². The van der Waals surface area contributed by atoms with Crippen molar-refractivity contribution < 1.29 is 14.3 Å². The van der Waals surface area contributed by atoms with E-state index in [2.05, 4.69) is 29.5 Å². The molecule has 2 aliphatic heterocycles. The quantitative estimate of drug-likeness (QED) is 0.562. The molecule has 5 heteroatoms. The molecule has 0 spiro atoms. The van der Waals surface area contributed by atoms with Crippen LogP contribution < -0.4 is 0 Å². The van der Waals surface area contributed by atoms with E-state index in [1.165, 1.54) is 0 Å². The zero-order chi connectivity index (χ0) is 12.5. The van der Waals surface area contributed by atoms with E-state index in [1.54, 1.807) is 0 Å². The number of allylic oxidation sites excluding steroid dienone is 1. The number of rotatable bonds is 2. The fraction of sp³-hybridized carbons (Fsp3) is 0.750. The first-order valence-electron chi connectivity index (χ1n) is 5.87. The van der Waals surface area contributed by atoms with Crippen molar-refractivity contribution in [2.24, 2.45) is 0 Å². The maximum atomic E-state index is 12.3. The number of hydrogen-bond acceptors (Lipinski definition) is 3. The highest BCUT2D eigenvalue weighted by Gasteiger charge is 2.38. The zero-order valence-corrected chi connectivity index (χ0v) is 12.5. The second-order valence-corrected chi connectivity index (χ2v) is 5.56. The first kappa shape index (κ1) is 13.1. The fourth-order valence-corrected chi connectivity index (χ4v) is 2.65. The number of amides is 1. The van der Waals surface area contributed by atoms with E-state index >= 15 is 0 Å². The molecule has 1 fully saturated rings. The molecule has 0 aromatic rings. The summed E-state index contributed by atoms with van der Waals surface area (Å²) in [7, 11) is 0. The Morgan fingerprint density at radius 3 is 2.65 bits per heavy atom. The van der Waals surface area contributed by atoms with E-state index in [4.69, 9.17) is 9.47 Å². The van der Waals surface area contributed by atoms with Gasteiger partial charge in [0.1, 0.15) is 11.4 Å². The Morgan fingerprint density at radius 1 is 1.47 bits per heavy atom. The van der Waals surface area contributed by atoms with Crippen LogP contribution in [-0.4, -0.2) is 47.1 Å². The molecule has 2 heterocycles. The summed E-state index contributed by atoms with van der Waals surface area (Å²) in [5.74, 6) is 0.917. The van der Waals surface area contributed by atoms with Gasteiger partial charge in [0.15, 0.2) is 0 Å². The van der Waals surface area contributed by atoms with Gasteiger partial charge in [-0.15, -0.1) is 0 Å². The van der Waals surface area contributed by atoms with Gasteiger partial charge in [-0.2, -0.15) is 0 Å². The number of nitrogens with zero attached hydrogens (tertiary/aromatic N) is 1. The highest BCUT2D eigenvalue weighted by Crippen LogP contribution is 2.35. The third-order valence-electron chi connectivity index (χ3n) is 3.21. The van der Waals surface area contributed by atoms with Crippen molar-refractivity contribution >= 4 is 28.5 Å². The van der Waals surface area contributed by atoms with Crippen LogP contribution in [-0.2, 0) is 14.3 Å². The van der Waals surface area contributed by atoms with Crippen molar-refractivity contribution in [3.63, 3.8) is 0 Å². The average Bonchev–Trinajstić information content (AvgIpc) is 2.66. The standard InChI is InChI=1S/C12H18INO3/c1-9-10(7-12(2,8-13)17-9)11(15)14-3-5-16-6-4-14/h3-8H2,1-2H3. The lowest BCUT2D eigenvalue weighted by Crippen LogP contribution is -2.41. The van der Waals surface area contributed by atoms with Crippen molar-refractivity contribution in [2.75, 3.05) is 30.7 Å². The van der Waals surface area contributed by atoms with Crippen LogP contribution >= 0.6 is 22.6 Å². The molecule has 0 aliphatic carbocycles. The number of ether oxygens (including phenoxy) is 2. The summed E-state index contributed by atoms with van der Waals surface area (Å²) in [5, 5.41) is 0. The summed E-state index contributed by atoms with van der Waals surface area (Å²) in [6, 6.07) is 0. The van der Waals surface area contributed by atoms with E-state index in [1.807, 2.05) is 11.8 Å². The average molecular weight is 351 g/mol. The summed E-state index contributed by atoms with van der Waals surface area (Å²) < 4.78 is 12.0. The van der Waals surface area contributed by atoms with E-state index in [9.17, 15) is 4.79 Å². The van der Waals surface area contributed by atoms with E-state index < -0.39 is 0 Å². The van der Waals surface area contributed by atoms with Crippen molar-refractivity contribution in [3.8, 4) is 0 Å². The molecule has 1 saturated heterocycles. The van der Waals surface area contributed by atoms with Gasteiger partial charge in [-0.05, 0) is 13.8 Å². The Bertz CT molecular complexity index is 350. The van der Waals surface area contributed by atoms with Crippen LogP contribution in [0.25, 0.3) is 0 Å². The van der Waals surface area contributed by atoms with Gasteiger partial charge in [0, 0.05) is 23.9 Å². The van der Waals surface area contributed by atoms with Crippen LogP contribution in [0.15, 0.2) is 11.3 Å². The third-order valence-corrected chi connectivity index (χ3v) is 4.83. The molecule has 0 aromatic heterocycles. The zero-order valence-electron chi connectivity index (χ0n) is 10.3. The van der Waals surface area contributed by atoms with Crippen molar-refractivity contribution in [1.29, 1.82) is 0 Å². The predicted molar refractivity (Wildman–Crippen MR) is 73.1 cm³/mol. The van der Waals surface area contributed by atoms with Crippen LogP contribution in [0.2, 0.25) is 0 Å². The minimum Gasteiger partial charge on any atom is -0.491 e. The lowest BCUT2D eigenvalue weighted by Gasteiger charge is -2.27. The molecule has 1 amide bonds. The van der Waals surface area contributed by atoms with Crippen molar-refractivity contribution in [2.45, 2.75) is 25.9 Å². The molecule has 17 heavy (non-hydrogen) atoms. The number of halogens is 1. The number of hydrogen-bond donors (Lipinski definition) is 0. The van der Waals surface area contributed by atoms with Crippen LogP contribution in [0.1, 0.15) is 20.3 Å². The SMILES string of the molecule is CC1=C(C(=O)N2CCOCC2)CC(C)(CI)O1. The summed E-state index contributed by atoms with van der Waals surface area (Å²) in [6.45, 7) is 6.62. The number of carbonyl (C=O) groups is 1. The van der Waals surface area contributed by atoms with E-state index in [0.717, 1.165) is 22.2 Å². The second-order valence-electron chi connectivity index (χ2n) is 4.80. The Balaban J connectivity index is 2.07. The normalized spacial score (nSPS) is 29.5. The van der Waals surface area contributed by atoms with E-state index in [0.29, 0.717) is 26.3 Å². The van der Waals surface area contributed by atoms with Gasteiger partial charge in [0.05, 0.1) is 18.8 Å². The maximum absolute atomic E-state index is 12.3. The topological polar surface area (TPSA) is 38.8 Å². The van der Waals surface area contributed by atoms with Crippen LogP contribution in [0.3, 0.4) is 0 Å². The summed E-state index contributed by atoms with van der Waals surface area (Å²) >= 11 is 2.31. The van der Waals surface area contributed by atoms with Crippen molar-refractivity contribution in [3.05, 3.63) is 11.3 Å². The second kappa shape index (κ2) is 5.14. The van der Waals surface area contributed by atoms with Crippen LogP contribution in [0.5, 0.6) is 0 Å². The highest BCUT2D eigenvalue weighted by molar-refractivity contribution is 14.1. The number of alkyl halides is 1. The Hall–Kier alpha value is -0.300. The number of carbonyl (C=O) groups excluding carboxylic acids is 1. The van der Waals surface area contributed by atoms with Gasteiger partial charge in [-0.3, -0.25) is 4.79 Å². The molecule has 0 N–H and O–H groups in total. The smallest absolute Gasteiger partial charge is 0.253 e. The number of morpholine rings is 1. The molecule has 1 unspecified atom stereocenters. The first-order chi connectivity index (χ1) is 8.06. The lowest BCUT2D eigenvalue weighted by atomic mass is 10.00. The Morgan fingerprint density at radius 2 is 2.12 bits per heavy atom. The molecular formula is C12H18INO3. The fourth-order valence-electron chi connectivity index (χ4n) is 2.22. The van der Waals surface area contributed by atoms with Gasteiger partial charge in [0.2, 0.25) is 0 Å². The molecule has 2 aliphatic rings. The molecule has 2 rings (SSSR count). The molecule has 0 bridgehead atoms. The largest absolute Gasteiger partial charge is 0.491 e. The maximum Gasteiger partial charge on any atom is 0.253 e. The van der Waals surface area contributed by atoms with Gasteiger partial charge in [-0.1, -0.05) is 22.6 Å². The molecule has 1 atom stereocenters. The van der Waals surface area contributed by atoms with Gasteiger partial charge >= 0.3 is 0 Å². The minimum absolute atomic E-state index is 0.124.